The zero-order chi connectivity index (χ0) is 14.3. The molecule has 0 bridgehead atoms. The molecule has 4 nitrogen and oxygen atoms in total. The second kappa shape index (κ2) is 8.07. The van der Waals surface area contributed by atoms with Crippen LogP contribution in [0.2, 0.25) is 0 Å². The van der Waals surface area contributed by atoms with Crippen molar-refractivity contribution in [3.05, 3.63) is 23.8 Å². The lowest BCUT2D eigenvalue weighted by Gasteiger charge is -2.15. The Morgan fingerprint density at radius 1 is 1.53 bits per heavy atom. The lowest BCUT2D eigenvalue weighted by Crippen LogP contribution is -2.36. The highest BCUT2D eigenvalue weighted by molar-refractivity contribution is 7.98. The predicted molar refractivity (Wildman–Crippen MR) is 82.0 cm³/mol. The molecule has 106 valence electrons. The molecule has 1 aromatic rings. The summed E-state index contributed by atoms with van der Waals surface area (Å²) in [6.07, 6.45) is 2.67. The van der Waals surface area contributed by atoms with Crippen molar-refractivity contribution in [3.8, 4) is 5.75 Å². The Kier molecular flexibility index (Phi) is 6.73. The number of hydrogen-bond donors (Lipinski definition) is 2. The van der Waals surface area contributed by atoms with E-state index in [1.54, 1.807) is 11.8 Å². The van der Waals surface area contributed by atoms with Crippen LogP contribution in [0, 0.1) is 6.92 Å². The van der Waals surface area contributed by atoms with Crippen molar-refractivity contribution in [1.29, 1.82) is 0 Å². The number of thioether (sulfide) groups is 1. The molecule has 1 aromatic carbocycles. The first-order chi connectivity index (χ1) is 9.08. The molecule has 1 atom stereocenters. The highest BCUT2D eigenvalue weighted by Crippen LogP contribution is 2.25. The van der Waals surface area contributed by atoms with Gasteiger partial charge in [-0.15, -0.1) is 0 Å². The van der Waals surface area contributed by atoms with Gasteiger partial charge < -0.3 is 15.8 Å². The number of hydrogen-bond acceptors (Lipinski definition) is 4. The van der Waals surface area contributed by atoms with Gasteiger partial charge in [-0.1, -0.05) is 6.07 Å². The largest absolute Gasteiger partial charge is 0.492 e. The topological polar surface area (TPSA) is 64.3 Å². The second-order valence-electron chi connectivity index (χ2n) is 4.31. The minimum Gasteiger partial charge on any atom is -0.492 e. The Bertz CT molecular complexity index is 424. The zero-order valence-electron chi connectivity index (χ0n) is 11.7. The Labute approximate surface area is 119 Å². The summed E-state index contributed by atoms with van der Waals surface area (Å²) in [5.41, 5.74) is 7.61. The van der Waals surface area contributed by atoms with E-state index in [-0.39, 0.29) is 5.91 Å². The van der Waals surface area contributed by atoms with Crippen LogP contribution in [0.1, 0.15) is 18.9 Å². The van der Waals surface area contributed by atoms with Gasteiger partial charge in [-0.2, -0.15) is 11.8 Å². The number of rotatable bonds is 7. The number of nitrogens with two attached hydrogens (primary N) is 1. The van der Waals surface area contributed by atoms with Crippen LogP contribution in [-0.2, 0) is 4.79 Å². The first-order valence-electron chi connectivity index (χ1n) is 6.37. The molecule has 19 heavy (non-hydrogen) atoms. The number of carbonyl (C=O) groups excluding carboxylic acids is 1. The third kappa shape index (κ3) is 5.12. The molecule has 0 aromatic heterocycles. The molecule has 0 unspecified atom stereocenters. The van der Waals surface area contributed by atoms with Crippen molar-refractivity contribution in [1.82, 2.24) is 0 Å². The third-order valence-corrected chi connectivity index (χ3v) is 3.31. The van der Waals surface area contributed by atoms with E-state index in [1.165, 1.54) is 0 Å². The molecular weight excluding hydrogens is 260 g/mol. The van der Waals surface area contributed by atoms with Crippen molar-refractivity contribution in [2.75, 3.05) is 23.9 Å². The van der Waals surface area contributed by atoms with Gasteiger partial charge in [-0.05, 0) is 50.0 Å². The molecule has 0 saturated heterocycles. The van der Waals surface area contributed by atoms with Crippen LogP contribution in [0.4, 0.5) is 5.69 Å². The summed E-state index contributed by atoms with van der Waals surface area (Å²) in [7, 11) is 0. The highest BCUT2D eigenvalue weighted by atomic mass is 32.2. The summed E-state index contributed by atoms with van der Waals surface area (Å²) in [6, 6.07) is 5.21. The first kappa shape index (κ1) is 15.9. The van der Waals surface area contributed by atoms with E-state index >= 15 is 0 Å². The van der Waals surface area contributed by atoms with Crippen LogP contribution in [0.25, 0.3) is 0 Å². The molecule has 5 heteroatoms. The van der Waals surface area contributed by atoms with Crippen molar-refractivity contribution in [2.24, 2.45) is 5.73 Å². The maximum absolute atomic E-state index is 12.0. The molecule has 0 saturated carbocycles. The van der Waals surface area contributed by atoms with Crippen LogP contribution in [0.3, 0.4) is 0 Å². The number of amides is 1. The number of ether oxygens (including phenoxy) is 1. The van der Waals surface area contributed by atoms with Gasteiger partial charge in [0.1, 0.15) is 5.75 Å². The third-order valence-electron chi connectivity index (χ3n) is 2.66. The smallest absolute Gasteiger partial charge is 0.241 e. The van der Waals surface area contributed by atoms with E-state index in [2.05, 4.69) is 5.32 Å². The highest BCUT2D eigenvalue weighted by Gasteiger charge is 2.15. The van der Waals surface area contributed by atoms with Crippen LogP contribution in [-0.4, -0.2) is 30.6 Å². The number of nitrogens with one attached hydrogen (secondary N) is 1. The molecule has 0 heterocycles. The fourth-order valence-electron chi connectivity index (χ4n) is 1.61. The standard InChI is InChI=1S/C14H22N2O2S/c1-4-18-13-9-10(2)5-6-12(13)16-14(17)11(15)7-8-19-3/h5-6,9,11H,4,7-8,15H2,1-3H3,(H,16,17)/t11-/m1/s1. The SMILES string of the molecule is CCOc1cc(C)ccc1NC(=O)[C@H](N)CCSC. The molecule has 0 fully saturated rings. The van der Waals surface area contributed by atoms with Gasteiger partial charge in [0.05, 0.1) is 18.3 Å². The number of aryl methyl sites for hydroxylation is 1. The second-order valence-corrected chi connectivity index (χ2v) is 5.30. The van der Waals surface area contributed by atoms with Crippen LogP contribution in [0.5, 0.6) is 5.75 Å². The molecule has 1 rings (SSSR count). The lowest BCUT2D eigenvalue weighted by atomic mass is 10.2. The first-order valence-corrected chi connectivity index (χ1v) is 7.76. The predicted octanol–water partition coefficient (Wildman–Crippen LogP) is 2.41. The van der Waals surface area contributed by atoms with Crippen molar-refractivity contribution in [2.45, 2.75) is 26.3 Å². The molecule has 0 aliphatic rings. The normalized spacial score (nSPS) is 12.0. The number of benzene rings is 1. The maximum Gasteiger partial charge on any atom is 0.241 e. The summed E-state index contributed by atoms with van der Waals surface area (Å²) in [5, 5.41) is 2.83. The molecule has 0 spiro atoms. The van der Waals surface area contributed by atoms with Crippen LogP contribution in [0.15, 0.2) is 18.2 Å². The molecule has 0 aliphatic carbocycles. The van der Waals surface area contributed by atoms with E-state index < -0.39 is 6.04 Å². The van der Waals surface area contributed by atoms with Crippen molar-refractivity contribution >= 4 is 23.4 Å². The summed E-state index contributed by atoms with van der Waals surface area (Å²) < 4.78 is 5.52. The fraction of sp³-hybridized carbons (Fsp3) is 0.500. The number of carbonyl (C=O) groups is 1. The Hall–Kier alpha value is -1.20. The Morgan fingerprint density at radius 2 is 2.26 bits per heavy atom. The van der Waals surface area contributed by atoms with Gasteiger partial charge in [0.15, 0.2) is 0 Å². The Balaban J connectivity index is 2.72. The minimum atomic E-state index is -0.483. The van der Waals surface area contributed by atoms with Gasteiger partial charge in [-0.25, -0.2) is 0 Å². The molecular formula is C14H22N2O2S. The average molecular weight is 282 g/mol. The molecule has 1 amide bonds. The maximum atomic E-state index is 12.0. The minimum absolute atomic E-state index is 0.168. The van der Waals surface area contributed by atoms with E-state index in [0.717, 1.165) is 11.3 Å². The van der Waals surface area contributed by atoms with E-state index in [9.17, 15) is 4.79 Å². The van der Waals surface area contributed by atoms with Gasteiger partial charge in [0.25, 0.3) is 0 Å². The Morgan fingerprint density at radius 3 is 2.89 bits per heavy atom. The van der Waals surface area contributed by atoms with Crippen LogP contribution < -0.4 is 15.8 Å². The van der Waals surface area contributed by atoms with E-state index in [4.69, 9.17) is 10.5 Å². The number of anilines is 1. The molecule has 0 aliphatic heterocycles. The van der Waals surface area contributed by atoms with Gasteiger partial charge >= 0.3 is 0 Å². The molecule has 0 radical (unpaired) electrons. The van der Waals surface area contributed by atoms with Crippen molar-refractivity contribution < 1.29 is 9.53 Å². The quantitative estimate of drug-likeness (QED) is 0.806. The van der Waals surface area contributed by atoms with Crippen molar-refractivity contribution in [3.63, 3.8) is 0 Å². The summed E-state index contributed by atoms with van der Waals surface area (Å²) >= 11 is 1.68. The van der Waals surface area contributed by atoms with Gasteiger partial charge in [0, 0.05) is 0 Å². The fourth-order valence-corrected chi connectivity index (χ4v) is 2.10. The van der Waals surface area contributed by atoms with Crippen LogP contribution >= 0.6 is 11.8 Å². The van der Waals surface area contributed by atoms with Gasteiger partial charge in [-0.3, -0.25) is 4.79 Å². The molecule has 3 N–H and O–H groups in total. The monoisotopic (exact) mass is 282 g/mol. The van der Waals surface area contributed by atoms with Gasteiger partial charge in [0.2, 0.25) is 5.91 Å². The zero-order valence-corrected chi connectivity index (χ0v) is 12.5. The van der Waals surface area contributed by atoms with E-state index in [0.29, 0.717) is 24.5 Å². The summed E-state index contributed by atoms with van der Waals surface area (Å²) in [6.45, 7) is 4.46. The lowest BCUT2D eigenvalue weighted by molar-refractivity contribution is -0.117. The summed E-state index contributed by atoms with van der Waals surface area (Å²) in [4.78, 5) is 12.0. The average Bonchev–Trinajstić information content (AvgIpc) is 2.39. The van der Waals surface area contributed by atoms with E-state index in [1.807, 2.05) is 38.3 Å². The summed E-state index contributed by atoms with van der Waals surface area (Å²) in [5.74, 6) is 1.40.